The van der Waals surface area contributed by atoms with Gasteiger partial charge in [0, 0.05) is 30.4 Å². The van der Waals surface area contributed by atoms with Crippen molar-refractivity contribution < 1.29 is 4.79 Å². The Kier molecular flexibility index (Phi) is 3.66. The highest BCUT2D eigenvalue weighted by Gasteiger charge is 2.29. The fraction of sp³-hybridized carbons (Fsp3) is 0.333. The highest BCUT2D eigenvalue weighted by atomic mass is 16.2. The quantitative estimate of drug-likeness (QED) is 0.785. The van der Waals surface area contributed by atoms with E-state index in [1.165, 1.54) is 5.52 Å². The summed E-state index contributed by atoms with van der Waals surface area (Å²) >= 11 is 0. The van der Waals surface area contributed by atoms with Crippen molar-refractivity contribution in [2.45, 2.75) is 32.4 Å². The highest BCUT2D eigenvalue weighted by molar-refractivity contribution is 5.94. The van der Waals surface area contributed by atoms with Crippen molar-refractivity contribution in [1.29, 1.82) is 0 Å². The van der Waals surface area contributed by atoms with Crippen LogP contribution < -0.4 is 10.2 Å². The monoisotopic (exact) mass is 346 g/mol. The van der Waals surface area contributed by atoms with Crippen molar-refractivity contribution in [3.63, 3.8) is 0 Å². The number of imidazole rings is 1. The van der Waals surface area contributed by atoms with Gasteiger partial charge in [-0.2, -0.15) is 0 Å². The van der Waals surface area contributed by atoms with Crippen LogP contribution in [0.1, 0.15) is 25.1 Å². The van der Waals surface area contributed by atoms with E-state index in [0.29, 0.717) is 0 Å². The van der Waals surface area contributed by atoms with Crippen molar-refractivity contribution in [1.82, 2.24) is 9.55 Å². The van der Waals surface area contributed by atoms with E-state index in [0.717, 1.165) is 61.6 Å². The van der Waals surface area contributed by atoms with Crippen LogP contribution in [-0.4, -0.2) is 22.0 Å². The molecule has 0 atom stereocenters. The summed E-state index contributed by atoms with van der Waals surface area (Å²) in [5.74, 6) is 1.48. The molecule has 0 radical (unpaired) electrons. The maximum Gasteiger partial charge on any atom is 0.227 e. The van der Waals surface area contributed by atoms with Crippen LogP contribution >= 0.6 is 0 Å². The lowest BCUT2D eigenvalue weighted by Gasteiger charge is -2.22. The van der Waals surface area contributed by atoms with Crippen molar-refractivity contribution >= 4 is 28.3 Å². The van der Waals surface area contributed by atoms with E-state index in [-0.39, 0.29) is 11.8 Å². The van der Waals surface area contributed by atoms with Gasteiger partial charge in [0.15, 0.2) is 0 Å². The molecule has 2 aromatic carbocycles. The number of fused-ring (bicyclic) bond motifs is 3. The van der Waals surface area contributed by atoms with Crippen molar-refractivity contribution in [3.05, 3.63) is 54.4 Å². The third-order valence-corrected chi connectivity index (χ3v) is 5.30. The molecule has 5 nitrogen and oxygen atoms in total. The minimum atomic E-state index is 0.153. The third kappa shape index (κ3) is 2.83. The van der Waals surface area contributed by atoms with Gasteiger partial charge in [0.1, 0.15) is 5.82 Å². The lowest BCUT2D eigenvalue weighted by atomic mass is 10.2. The van der Waals surface area contributed by atoms with Gasteiger partial charge in [-0.1, -0.05) is 18.2 Å². The molecule has 1 amide bonds. The Hall–Kier alpha value is -2.82. The van der Waals surface area contributed by atoms with Gasteiger partial charge in [-0.15, -0.1) is 0 Å². The summed E-state index contributed by atoms with van der Waals surface area (Å²) in [7, 11) is 0. The van der Waals surface area contributed by atoms with Gasteiger partial charge in [-0.3, -0.25) is 4.79 Å². The number of amides is 1. The summed E-state index contributed by atoms with van der Waals surface area (Å²) in [4.78, 5) is 19.2. The second-order valence-electron chi connectivity index (χ2n) is 7.26. The van der Waals surface area contributed by atoms with Crippen LogP contribution in [0.2, 0.25) is 0 Å². The molecular weight excluding hydrogens is 324 g/mol. The zero-order valence-electron chi connectivity index (χ0n) is 14.7. The Morgan fingerprint density at radius 2 is 1.96 bits per heavy atom. The summed E-state index contributed by atoms with van der Waals surface area (Å²) < 4.78 is 2.34. The third-order valence-electron chi connectivity index (χ3n) is 5.30. The molecule has 5 rings (SSSR count). The van der Waals surface area contributed by atoms with E-state index < -0.39 is 0 Å². The maximum atomic E-state index is 12.0. The van der Waals surface area contributed by atoms with Gasteiger partial charge in [0.25, 0.3) is 0 Å². The molecule has 132 valence electrons. The minimum absolute atomic E-state index is 0.153. The second-order valence-corrected chi connectivity index (χ2v) is 7.26. The number of carbonyl (C=O) groups excluding carboxylic acids is 1. The molecule has 2 heterocycles. The van der Waals surface area contributed by atoms with Crippen molar-refractivity contribution in [2.75, 3.05) is 16.8 Å². The molecule has 1 fully saturated rings. The summed E-state index contributed by atoms with van der Waals surface area (Å²) in [6.45, 7) is 2.76. The Labute approximate surface area is 152 Å². The molecule has 26 heavy (non-hydrogen) atoms. The highest BCUT2D eigenvalue weighted by Crippen LogP contribution is 2.31. The standard InChI is InChI=1S/C21H22N4O/c26-21(15-9-10-15)22-16-5-3-6-17(13-16)24-11-4-12-25-19-8-2-1-7-18(19)23-20(25)14-24/h1-3,5-8,13,15H,4,9-12,14H2,(H,22,26). The van der Waals surface area contributed by atoms with Crippen LogP contribution in [0.3, 0.4) is 0 Å². The summed E-state index contributed by atoms with van der Waals surface area (Å²) in [5.41, 5.74) is 4.31. The molecule has 1 aliphatic carbocycles. The van der Waals surface area contributed by atoms with E-state index >= 15 is 0 Å². The van der Waals surface area contributed by atoms with Crippen LogP contribution in [0.25, 0.3) is 11.0 Å². The van der Waals surface area contributed by atoms with E-state index in [1.807, 2.05) is 18.2 Å². The summed E-state index contributed by atoms with van der Waals surface area (Å²) in [6.07, 6.45) is 3.12. The number of para-hydroxylation sites is 2. The van der Waals surface area contributed by atoms with Crippen LogP contribution in [0.15, 0.2) is 48.5 Å². The second kappa shape index (κ2) is 6.16. The van der Waals surface area contributed by atoms with Gasteiger partial charge in [0.2, 0.25) is 5.91 Å². The summed E-state index contributed by atoms with van der Waals surface area (Å²) in [5, 5.41) is 3.05. The molecule has 0 spiro atoms. The molecule has 0 unspecified atom stereocenters. The van der Waals surface area contributed by atoms with Crippen LogP contribution in [0.4, 0.5) is 11.4 Å². The molecule has 1 N–H and O–H groups in total. The average molecular weight is 346 g/mol. The Morgan fingerprint density at radius 3 is 2.85 bits per heavy atom. The average Bonchev–Trinajstić information content (AvgIpc) is 3.47. The molecule has 5 heteroatoms. The topological polar surface area (TPSA) is 50.2 Å². The lowest BCUT2D eigenvalue weighted by molar-refractivity contribution is -0.117. The molecule has 2 aliphatic rings. The Balaban J connectivity index is 1.42. The first-order chi connectivity index (χ1) is 12.8. The summed E-state index contributed by atoms with van der Waals surface area (Å²) in [6, 6.07) is 16.5. The van der Waals surface area contributed by atoms with Gasteiger partial charge >= 0.3 is 0 Å². The molecule has 1 aliphatic heterocycles. The molecule has 0 bridgehead atoms. The van der Waals surface area contributed by atoms with E-state index in [1.54, 1.807) is 0 Å². The van der Waals surface area contributed by atoms with Crippen molar-refractivity contribution in [3.8, 4) is 0 Å². The molecule has 3 aromatic rings. The number of nitrogens with one attached hydrogen (secondary N) is 1. The maximum absolute atomic E-state index is 12.0. The number of carbonyl (C=O) groups is 1. The number of hydrogen-bond acceptors (Lipinski definition) is 3. The zero-order chi connectivity index (χ0) is 17.5. The predicted molar refractivity (Wildman–Crippen MR) is 103 cm³/mol. The van der Waals surface area contributed by atoms with Gasteiger partial charge < -0.3 is 14.8 Å². The van der Waals surface area contributed by atoms with Gasteiger partial charge in [0.05, 0.1) is 17.6 Å². The number of aryl methyl sites for hydroxylation is 1. The Morgan fingerprint density at radius 1 is 1.08 bits per heavy atom. The number of hydrogen-bond donors (Lipinski definition) is 1. The number of benzene rings is 2. The molecule has 1 saturated carbocycles. The first kappa shape index (κ1) is 15.4. The fourth-order valence-corrected chi connectivity index (χ4v) is 3.76. The number of nitrogens with zero attached hydrogens (tertiary/aromatic N) is 3. The van der Waals surface area contributed by atoms with E-state index in [4.69, 9.17) is 4.98 Å². The van der Waals surface area contributed by atoms with Gasteiger partial charge in [-0.05, 0) is 49.6 Å². The molecular formula is C21H22N4O. The first-order valence-electron chi connectivity index (χ1n) is 9.38. The van der Waals surface area contributed by atoms with Crippen LogP contribution in [0, 0.1) is 5.92 Å². The van der Waals surface area contributed by atoms with Crippen molar-refractivity contribution in [2.24, 2.45) is 5.92 Å². The Bertz CT molecular complexity index is 973. The number of aromatic nitrogens is 2. The van der Waals surface area contributed by atoms with E-state index in [9.17, 15) is 4.79 Å². The van der Waals surface area contributed by atoms with E-state index in [2.05, 4.69) is 45.1 Å². The van der Waals surface area contributed by atoms with Crippen LogP contribution in [0.5, 0.6) is 0 Å². The fourth-order valence-electron chi connectivity index (χ4n) is 3.76. The predicted octanol–water partition coefficient (Wildman–Crippen LogP) is 3.80. The lowest BCUT2D eigenvalue weighted by Crippen LogP contribution is -2.23. The normalized spacial score (nSPS) is 17.0. The largest absolute Gasteiger partial charge is 0.364 e. The smallest absolute Gasteiger partial charge is 0.227 e. The molecule has 0 saturated heterocycles. The zero-order valence-corrected chi connectivity index (χ0v) is 14.7. The first-order valence-corrected chi connectivity index (χ1v) is 9.38. The van der Waals surface area contributed by atoms with Gasteiger partial charge in [-0.25, -0.2) is 4.98 Å². The minimum Gasteiger partial charge on any atom is -0.364 e. The SMILES string of the molecule is O=C(Nc1cccc(N2CCCn3c(nc4ccccc43)C2)c1)C1CC1. The number of rotatable bonds is 3. The van der Waals surface area contributed by atoms with Crippen LogP contribution in [-0.2, 0) is 17.9 Å². The molecule has 1 aromatic heterocycles. The number of anilines is 2.